The first-order valence-corrected chi connectivity index (χ1v) is 13.0. The molecule has 1 spiro atoms. The van der Waals surface area contributed by atoms with Gasteiger partial charge in [0.25, 0.3) is 0 Å². The van der Waals surface area contributed by atoms with Crippen molar-refractivity contribution < 1.29 is 19.7 Å². The van der Waals surface area contributed by atoms with Gasteiger partial charge in [0.1, 0.15) is 11.7 Å². The lowest BCUT2D eigenvalue weighted by Gasteiger charge is -2.66. The van der Waals surface area contributed by atoms with Gasteiger partial charge >= 0.3 is 0 Å². The van der Waals surface area contributed by atoms with Gasteiger partial charge in [0.15, 0.2) is 11.5 Å². The second-order valence-corrected chi connectivity index (χ2v) is 13.1. The third-order valence-electron chi connectivity index (χ3n) is 10.8. The zero-order chi connectivity index (χ0) is 23.6. The molecule has 2 bridgehead atoms. The summed E-state index contributed by atoms with van der Waals surface area (Å²) in [6.07, 6.45) is 5.45. The topological polar surface area (TPSA) is 62.2 Å². The second kappa shape index (κ2) is 6.67. The minimum Gasteiger partial charge on any atom is -0.504 e. The number of aliphatic hydroxyl groups is 1. The van der Waals surface area contributed by atoms with Gasteiger partial charge in [-0.15, -0.1) is 0 Å². The summed E-state index contributed by atoms with van der Waals surface area (Å²) >= 11 is 0. The molecule has 2 aliphatic heterocycles. The molecule has 0 aromatic heterocycles. The SMILES string of the molecule is CO[C@]1(C)[C@@H](C(C)(O)C(C)(C)C)CC2[C@H]3Cc4ccc(O)c5c4[C@@]2(CCN3CC2CC2)[C@H]1O5. The molecule has 2 unspecified atom stereocenters. The van der Waals surface area contributed by atoms with Crippen molar-refractivity contribution in [2.75, 3.05) is 20.2 Å². The molecule has 2 heterocycles. The van der Waals surface area contributed by atoms with Gasteiger partial charge in [0, 0.05) is 36.6 Å². The molecule has 6 rings (SSSR count). The Hall–Kier alpha value is -1.30. The van der Waals surface area contributed by atoms with Crippen molar-refractivity contribution in [3.05, 3.63) is 23.3 Å². The number of nitrogens with zero attached hydrogens (tertiary/aromatic N) is 1. The van der Waals surface area contributed by atoms with Crippen LogP contribution in [0.5, 0.6) is 11.5 Å². The highest BCUT2D eigenvalue weighted by Crippen LogP contribution is 2.68. The van der Waals surface area contributed by atoms with E-state index < -0.39 is 11.2 Å². The monoisotopic (exact) mass is 455 g/mol. The van der Waals surface area contributed by atoms with Crippen molar-refractivity contribution in [3.63, 3.8) is 0 Å². The number of phenols is 1. The molecule has 3 aliphatic carbocycles. The van der Waals surface area contributed by atoms with Crippen LogP contribution in [0.2, 0.25) is 0 Å². The average Bonchev–Trinajstić information content (AvgIpc) is 3.49. The highest BCUT2D eigenvalue weighted by Gasteiger charge is 2.73. The van der Waals surface area contributed by atoms with Gasteiger partial charge < -0.3 is 19.7 Å². The zero-order valence-corrected chi connectivity index (χ0v) is 21.1. The summed E-state index contributed by atoms with van der Waals surface area (Å²) in [6, 6.07) is 4.40. The lowest BCUT2D eigenvalue weighted by molar-refractivity contribution is -0.249. The predicted octanol–water partition coefficient (Wildman–Crippen LogP) is 4.27. The van der Waals surface area contributed by atoms with Gasteiger partial charge in [-0.2, -0.15) is 0 Å². The predicted molar refractivity (Wildman–Crippen MR) is 128 cm³/mol. The number of piperidine rings is 1. The molecule has 33 heavy (non-hydrogen) atoms. The lowest BCUT2D eigenvalue weighted by atomic mass is 9.44. The molecular formula is C28H41NO4. The molecule has 1 aromatic rings. The largest absolute Gasteiger partial charge is 0.504 e. The summed E-state index contributed by atoms with van der Waals surface area (Å²) in [5.74, 6) is 2.07. The van der Waals surface area contributed by atoms with E-state index >= 15 is 0 Å². The Morgan fingerprint density at radius 2 is 1.94 bits per heavy atom. The third-order valence-corrected chi connectivity index (χ3v) is 10.8. The van der Waals surface area contributed by atoms with E-state index in [9.17, 15) is 10.2 Å². The fraction of sp³-hybridized carbons (Fsp3) is 0.786. The number of aromatic hydroxyl groups is 1. The van der Waals surface area contributed by atoms with E-state index in [1.165, 1.54) is 30.5 Å². The molecule has 3 fully saturated rings. The smallest absolute Gasteiger partial charge is 0.165 e. The number of hydrogen-bond donors (Lipinski definition) is 2. The average molecular weight is 456 g/mol. The Balaban J connectivity index is 1.54. The van der Waals surface area contributed by atoms with Gasteiger partial charge in [-0.05, 0) is 81.4 Å². The minimum atomic E-state index is -0.935. The van der Waals surface area contributed by atoms with Crippen LogP contribution in [0.4, 0.5) is 0 Å². The Morgan fingerprint density at radius 3 is 2.58 bits per heavy atom. The van der Waals surface area contributed by atoms with E-state index in [0.29, 0.717) is 17.7 Å². The molecule has 182 valence electrons. The van der Waals surface area contributed by atoms with Crippen LogP contribution < -0.4 is 4.74 Å². The van der Waals surface area contributed by atoms with Crippen LogP contribution >= 0.6 is 0 Å². The van der Waals surface area contributed by atoms with E-state index in [1.54, 1.807) is 7.11 Å². The zero-order valence-electron chi connectivity index (χ0n) is 21.1. The Morgan fingerprint density at radius 1 is 1.21 bits per heavy atom. The van der Waals surface area contributed by atoms with Crippen molar-refractivity contribution in [3.8, 4) is 11.5 Å². The third kappa shape index (κ3) is 2.70. The first-order valence-electron chi connectivity index (χ1n) is 13.0. The fourth-order valence-electron chi connectivity index (χ4n) is 8.26. The quantitative estimate of drug-likeness (QED) is 0.710. The van der Waals surface area contributed by atoms with Crippen molar-refractivity contribution in [1.29, 1.82) is 0 Å². The normalized spacial score (nSPS) is 41.3. The van der Waals surface area contributed by atoms with Crippen molar-refractivity contribution in [2.24, 2.45) is 23.2 Å². The molecule has 1 saturated heterocycles. The van der Waals surface area contributed by atoms with Crippen LogP contribution in [0.1, 0.15) is 71.4 Å². The minimum absolute atomic E-state index is 0.0838. The number of ether oxygens (including phenoxy) is 2. The maximum absolute atomic E-state index is 12.0. The molecule has 2 N–H and O–H groups in total. The van der Waals surface area contributed by atoms with E-state index in [-0.39, 0.29) is 28.6 Å². The number of hydrogen-bond acceptors (Lipinski definition) is 5. The standard InChI is InChI=1S/C28H41NO4/c1-25(2,3)27(5,31)21-14-18-19-13-17-9-10-20(30)23-22(17)28(18,24(33-23)26(21,4)32-6)11-12-29(19)15-16-7-8-16/h9-10,16,18-19,21,24,30-31H,7-8,11-15H2,1-6H3/t18?,19-,21+,24+,26-,27?,28+/m1/s1. The number of benzene rings is 1. The van der Waals surface area contributed by atoms with E-state index in [1.807, 2.05) is 13.0 Å². The number of phenolic OH excluding ortho intramolecular Hbond substituents is 1. The van der Waals surface area contributed by atoms with Crippen LogP contribution in [0.3, 0.4) is 0 Å². The van der Waals surface area contributed by atoms with Crippen LogP contribution in [-0.2, 0) is 16.6 Å². The molecule has 0 radical (unpaired) electrons. The first kappa shape index (κ1) is 22.2. The molecule has 5 heteroatoms. The molecular weight excluding hydrogens is 414 g/mol. The van der Waals surface area contributed by atoms with E-state index in [0.717, 1.165) is 31.7 Å². The fourth-order valence-corrected chi connectivity index (χ4v) is 8.26. The Kier molecular flexibility index (Phi) is 4.49. The van der Waals surface area contributed by atoms with Gasteiger partial charge in [-0.1, -0.05) is 26.8 Å². The molecule has 0 amide bonds. The number of methoxy groups -OCH3 is 1. The van der Waals surface area contributed by atoms with Gasteiger partial charge in [-0.3, -0.25) is 4.90 Å². The van der Waals surface area contributed by atoms with Crippen LogP contribution in [0.15, 0.2) is 12.1 Å². The van der Waals surface area contributed by atoms with Gasteiger partial charge in [-0.25, -0.2) is 0 Å². The maximum Gasteiger partial charge on any atom is 0.165 e. The van der Waals surface area contributed by atoms with Crippen molar-refractivity contribution in [2.45, 2.75) is 95.5 Å². The summed E-state index contributed by atoms with van der Waals surface area (Å²) in [4.78, 5) is 2.76. The van der Waals surface area contributed by atoms with Crippen molar-refractivity contribution >= 4 is 0 Å². The molecule has 1 aromatic carbocycles. The van der Waals surface area contributed by atoms with Crippen LogP contribution in [0, 0.1) is 23.2 Å². The molecule has 7 atom stereocenters. The maximum atomic E-state index is 12.0. The lowest BCUT2D eigenvalue weighted by Crippen LogP contribution is -2.75. The van der Waals surface area contributed by atoms with Crippen molar-refractivity contribution in [1.82, 2.24) is 4.90 Å². The first-order chi connectivity index (χ1) is 15.4. The molecule has 5 nitrogen and oxygen atoms in total. The number of rotatable bonds is 4. The summed E-state index contributed by atoms with van der Waals surface area (Å²) < 4.78 is 13.2. The highest BCUT2D eigenvalue weighted by atomic mass is 16.6. The Labute approximate surface area is 198 Å². The van der Waals surface area contributed by atoms with Gasteiger partial charge in [0.05, 0.1) is 5.60 Å². The summed E-state index contributed by atoms with van der Waals surface area (Å²) in [5.41, 5.74) is 0.509. The van der Waals surface area contributed by atoms with Crippen LogP contribution in [0.25, 0.3) is 0 Å². The Bertz CT molecular complexity index is 979. The highest BCUT2D eigenvalue weighted by molar-refractivity contribution is 5.61. The number of likely N-dealkylation sites (tertiary alicyclic amines) is 1. The second-order valence-electron chi connectivity index (χ2n) is 13.1. The van der Waals surface area contributed by atoms with Gasteiger partial charge in [0.2, 0.25) is 0 Å². The van der Waals surface area contributed by atoms with E-state index in [4.69, 9.17) is 9.47 Å². The summed E-state index contributed by atoms with van der Waals surface area (Å²) in [6.45, 7) is 12.8. The van der Waals surface area contributed by atoms with E-state index in [2.05, 4.69) is 38.7 Å². The summed E-state index contributed by atoms with van der Waals surface area (Å²) in [7, 11) is 1.78. The molecule has 2 saturated carbocycles. The summed E-state index contributed by atoms with van der Waals surface area (Å²) in [5, 5.41) is 22.9. The molecule has 5 aliphatic rings. The van der Waals surface area contributed by atoms with Crippen LogP contribution in [-0.4, -0.2) is 58.7 Å².